The van der Waals surface area contributed by atoms with Gasteiger partial charge in [-0.05, 0) is 18.9 Å². The molecular weight excluding hydrogens is 198 g/mol. The maximum atomic E-state index is 3.63. The quantitative estimate of drug-likeness (QED) is 0.716. The molecule has 1 fully saturated rings. The predicted molar refractivity (Wildman–Crippen MR) is 70.8 cm³/mol. The molecule has 1 atom stereocenters. The van der Waals surface area contributed by atoms with Gasteiger partial charge in [-0.25, -0.2) is 0 Å². The maximum absolute atomic E-state index is 3.63. The van der Waals surface area contributed by atoms with Crippen molar-refractivity contribution in [3.05, 3.63) is 0 Å². The highest BCUT2D eigenvalue weighted by molar-refractivity contribution is 4.80. The lowest BCUT2D eigenvalue weighted by atomic mass is 9.88. The Labute approximate surface area is 101 Å². The van der Waals surface area contributed by atoms with Crippen LogP contribution in [0.1, 0.15) is 33.6 Å². The van der Waals surface area contributed by atoms with Crippen molar-refractivity contribution in [3.63, 3.8) is 0 Å². The van der Waals surface area contributed by atoms with Gasteiger partial charge in [0.2, 0.25) is 0 Å². The van der Waals surface area contributed by atoms with Gasteiger partial charge >= 0.3 is 0 Å². The number of hydrogen-bond donors (Lipinski definition) is 2. The van der Waals surface area contributed by atoms with Gasteiger partial charge in [-0.15, -0.1) is 0 Å². The molecule has 0 spiro atoms. The summed E-state index contributed by atoms with van der Waals surface area (Å²) in [7, 11) is 2.23. The minimum Gasteiger partial charge on any atom is -0.315 e. The lowest BCUT2D eigenvalue weighted by Crippen LogP contribution is -2.53. The fourth-order valence-electron chi connectivity index (χ4n) is 2.43. The van der Waals surface area contributed by atoms with Crippen molar-refractivity contribution in [1.29, 1.82) is 0 Å². The van der Waals surface area contributed by atoms with Crippen LogP contribution in [0, 0.1) is 5.41 Å². The highest BCUT2D eigenvalue weighted by Crippen LogP contribution is 2.20. The third-order valence-corrected chi connectivity index (χ3v) is 3.55. The van der Waals surface area contributed by atoms with E-state index in [0.29, 0.717) is 11.5 Å². The first-order valence-corrected chi connectivity index (χ1v) is 6.67. The van der Waals surface area contributed by atoms with Crippen LogP contribution in [0.15, 0.2) is 0 Å². The molecule has 3 nitrogen and oxygen atoms in total. The summed E-state index contributed by atoms with van der Waals surface area (Å²) in [6.45, 7) is 12.6. The van der Waals surface area contributed by atoms with Crippen molar-refractivity contribution in [3.8, 4) is 0 Å². The van der Waals surface area contributed by atoms with Gasteiger partial charge < -0.3 is 10.6 Å². The Kier molecular flexibility index (Phi) is 5.73. The SMILES string of the molecule is CCCC(C)(C)CNCC1CNCCN1C. The standard InChI is InChI=1S/C13H29N3/c1-5-6-13(2,3)11-15-10-12-9-14-7-8-16(12)4/h12,14-15H,5-11H2,1-4H3. The summed E-state index contributed by atoms with van der Waals surface area (Å²) in [5.41, 5.74) is 0.440. The summed E-state index contributed by atoms with van der Waals surface area (Å²) < 4.78 is 0. The van der Waals surface area contributed by atoms with Gasteiger partial charge in [0.15, 0.2) is 0 Å². The third kappa shape index (κ3) is 4.81. The predicted octanol–water partition coefficient (Wildman–Crippen LogP) is 1.31. The molecule has 3 heteroatoms. The highest BCUT2D eigenvalue weighted by atomic mass is 15.2. The van der Waals surface area contributed by atoms with Crippen molar-refractivity contribution < 1.29 is 0 Å². The van der Waals surface area contributed by atoms with E-state index in [1.54, 1.807) is 0 Å². The second-order valence-electron chi connectivity index (χ2n) is 5.88. The first kappa shape index (κ1) is 13.9. The van der Waals surface area contributed by atoms with Gasteiger partial charge in [0.1, 0.15) is 0 Å². The Hall–Kier alpha value is -0.120. The minimum atomic E-state index is 0.440. The second kappa shape index (κ2) is 6.58. The van der Waals surface area contributed by atoms with Crippen LogP contribution in [-0.4, -0.2) is 50.7 Å². The van der Waals surface area contributed by atoms with Gasteiger partial charge in [-0.3, -0.25) is 4.90 Å². The van der Waals surface area contributed by atoms with Crippen LogP contribution in [0.3, 0.4) is 0 Å². The molecular formula is C13H29N3. The molecule has 16 heavy (non-hydrogen) atoms. The number of piperazine rings is 1. The van der Waals surface area contributed by atoms with Crippen LogP contribution in [0.4, 0.5) is 0 Å². The summed E-state index contributed by atoms with van der Waals surface area (Å²) >= 11 is 0. The zero-order valence-electron chi connectivity index (χ0n) is 11.5. The third-order valence-electron chi connectivity index (χ3n) is 3.55. The summed E-state index contributed by atoms with van der Waals surface area (Å²) in [5.74, 6) is 0. The number of rotatable bonds is 6. The molecule has 96 valence electrons. The molecule has 1 aliphatic heterocycles. The fraction of sp³-hybridized carbons (Fsp3) is 1.00. The average Bonchev–Trinajstić information content (AvgIpc) is 2.20. The molecule has 0 amide bonds. The van der Waals surface area contributed by atoms with E-state index in [1.807, 2.05) is 0 Å². The van der Waals surface area contributed by atoms with Crippen molar-refractivity contribution in [2.45, 2.75) is 39.7 Å². The molecule has 0 aromatic carbocycles. The summed E-state index contributed by atoms with van der Waals surface area (Å²) in [6.07, 6.45) is 2.58. The van der Waals surface area contributed by atoms with Crippen molar-refractivity contribution in [1.82, 2.24) is 15.5 Å². The molecule has 0 aromatic heterocycles. The highest BCUT2D eigenvalue weighted by Gasteiger charge is 2.20. The first-order chi connectivity index (χ1) is 7.55. The maximum Gasteiger partial charge on any atom is 0.0342 e. The van der Waals surface area contributed by atoms with Crippen LogP contribution in [0.25, 0.3) is 0 Å². The number of likely N-dealkylation sites (N-methyl/N-ethyl adjacent to an activating group) is 1. The van der Waals surface area contributed by atoms with Crippen LogP contribution < -0.4 is 10.6 Å². The molecule has 1 rings (SSSR count). The summed E-state index contributed by atoms with van der Waals surface area (Å²) in [4.78, 5) is 2.45. The van der Waals surface area contributed by atoms with E-state index in [4.69, 9.17) is 0 Å². The Morgan fingerprint density at radius 1 is 1.44 bits per heavy atom. The lowest BCUT2D eigenvalue weighted by molar-refractivity contribution is 0.188. The van der Waals surface area contributed by atoms with Gasteiger partial charge in [0.05, 0.1) is 0 Å². The Bertz CT molecular complexity index is 192. The van der Waals surface area contributed by atoms with Gasteiger partial charge in [-0.2, -0.15) is 0 Å². The Morgan fingerprint density at radius 3 is 2.81 bits per heavy atom. The minimum absolute atomic E-state index is 0.440. The smallest absolute Gasteiger partial charge is 0.0342 e. The molecule has 2 N–H and O–H groups in total. The second-order valence-corrected chi connectivity index (χ2v) is 5.88. The molecule has 1 saturated heterocycles. The fourth-order valence-corrected chi connectivity index (χ4v) is 2.43. The molecule has 1 unspecified atom stereocenters. The molecule has 0 aliphatic carbocycles. The van der Waals surface area contributed by atoms with E-state index in [2.05, 4.69) is 43.4 Å². The van der Waals surface area contributed by atoms with Crippen molar-refractivity contribution >= 4 is 0 Å². The molecule has 0 saturated carbocycles. The molecule has 0 aromatic rings. The first-order valence-electron chi connectivity index (χ1n) is 6.67. The van der Waals surface area contributed by atoms with E-state index in [1.165, 1.54) is 19.4 Å². The lowest BCUT2D eigenvalue weighted by Gasteiger charge is -2.34. The van der Waals surface area contributed by atoms with Crippen LogP contribution in [0.2, 0.25) is 0 Å². The topological polar surface area (TPSA) is 27.3 Å². The van der Waals surface area contributed by atoms with Crippen LogP contribution >= 0.6 is 0 Å². The van der Waals surface area contributed by atoms with E-state index in [9.17, 15) is 0 Å². The number of nitrogens with zero attached hydrogens (tertiary/aromatic N) is 1. The van der Waals surface area contributed by atoms with E-state index >= 15 is 0 Å². The monoisotopic (exact) mass is 227 g/mol. The molecule has 1 heterocycles. The molecule has 0 radical (unpaired) electrons. The largest absolute Gasteiger partial charge is 0.315 e. The summed E-state index contributed by atoms with van der Waals surface area (Å²) in [6, 6.07) is 0.658. The van der Waals surface area contributed by atoms with Gasteiger partial charge in [0.25, 0.3) is 0 Å². The Morgan fingerprint density at radius 2 is 2.19 bits per heavy atom. The zero-order valence-corrected chi connectivity index (χ0v) is 11.5. The van der Waals surface area contributed by atoms with Crippen LogP contribution in [0.5, 0.6) is 0 Å². The number of hydrogen-bond acceptors (Lipinski definition) is 3. The number of nitrogens with one attached hydrogen (secondary N) is 2. The molecule has 0 bridgehead atoms. The van der Waals surface area contributed by atoms with Crippen molar-refractivity contribution in [2.24, 2.45) is 5.41 Å². The van der Waals surface area contributed by atoms with Gasteiger partial charge in [-0.1, -0.05) is 27.2 Å². The van der Waals surface area contributed by atoms with Crippen LogP contribution in [-0.2, 0) is 0 Å². The zero-order chi connectivity index (χ0) is 12.0. The average molecular weight is 227 g/mol. The Balaban J connectivity index is 2.18. The summed E-state index contributed by atoms with van der Waals surface area (Å²) in [5, 5.41) is 7.09. The van der Waals surface area contributed by atoms with Crippen molar-refractivity contribution in [2.75, 3.05) is 39.8 Å². The normalized spacial score (nSPS) is 23.6. The van der Waals surface area contributed by atoms with Gasteiger partial charge in [0, 0.05) is 38.8 Å². The molecule has 1 aliphatic rings. The van der Waals surface area contributed by atoms with E-state index < -0.39 is 0 Å². The van der Waals surface area contributed by atoms with E-state index in [0.717, 1.165) is 26.2 Å². The van der Waals surface area contributed by atoms with E-state index in [-0.39, 0.29) is 0 Å².